The quantitative estimate of drug-likeness (QED) is 0.0903. The summed E-state index contributed by atoms with van der Waals surface area (Å²) in [7, 11) is 3.29. The van der Waals surface area contributed by atoms with Crippen LogP contribution in [0.1, 0.15) is 47.1 Å². The van der Waals surface area contributed by atoms with Gasteiger partial charge in [0.15, 0.2) is 11.4 Å². The maximum absolute atomic E-state index is 13.0. The molecule has 11 heteroatoms. The molecule has 1 aromatic heterocycles. The second-order valence-corrected chi connectivity index (χ2v) is 13.8. The Morgan fingerprint density at radius 3 is 2.33 bits per heavy atom. The van der Waals surface area contributed by atoms with E-state index in [0.717, 1.165) is 44.1 Å². The SMILES string of the molecule is COC(=O)C(Cc1ccccc1)NC(=O)NCc1ccccc1-c1ccc(C2OC(CSc3nccn3C)C(C)C(c3ccc(CO)cc3)O2)cc1. The Bertz CT molecular complexity index is 1920. The molecular formula is C41H44N4O6S. The molecule has 5 atom stereocenters. The summed E-state index contributed by atoms with van der Waals surface area (Å²) in [6, 6.07) is 32.1. The predicted molar refractivity (Wildman–Crippen MR) is 200 cm³/mol. The molecule has 0 saturated carbocycles. The lowest BCUT2D eigenvalue weighted by Gasteiger charge is -2.41. The van der Waals surface area contributed by atoms with Crippen LogP contribution in [-0.2, 0) is 45.6 Å². The van der Waals surface area contributed by atoms with Gasteiger partial charge in [-0.25, -0.2) is 14.6 Å². The third kappa shape index (κ3) is 9.10. The standard InChI is InChI=1S/C41H44N4O6S/c1-27-36(26-52-41-42-21-22-45(41)2)50-39(51-37(27)31-15-13-29(25-46)14-16-31)32-19-17-30(18-20-32)34-12-8-7-11-33(34)24-43-40(48)44-35(38(47)49-3)23-28-9-5-4-6-10-28/h4-22,27,35-37,39,46H,23-26H2,1-3H3,(H2,43,44,48). The van der Waals surface area contributed by atoms with Crippen molar-refractivity contribution in [2.75, 3.05) is 12.9 Å². The number of carbonyl (C=O) groups excluding carboxylic acids is 2. The van der Waals surface area contributed by atoms with E-state index in [0.29, 0.717) is 12.2 Å². The summed E-state index contributed by atoms with van der Waals surface area (Å²) in [5.74, 6) is 0.251. The Balaban J connectivity index is 1.15. The fourth-order valence-corrected chi connectivity index (χ4v) is 7.40. The zero-order valence-corrected chi connectivity index (χ0v) is 30.3. The number of hydrogen-bond donors (Lipinski definition) is 3. The van der Waals surface area contributed by atoms with Gasteiger partial charge in [0, 0.05) is 49.6 Å². The fraction of sp³-hybridized carbons (Fsp3) is 0.293. The van der Waals surface area contributed by atoms with Crippen molar-refractivity contribution in [3.8, 4) is 11.1 Å². The molecule has 0 spiro atoms. The highest BCUT2D eigenvalue weighted by Gasteiger charge is 2.38. The van der Waals surface area contributed by atoms with E-state index in [1.54, 1.807) is 18.0 Å². The van der Waals surface area contributed by atoms with Crippen LogP contribution in [0.3, 0.4) is 0 Å². The van der Waals surface area contributed by atoms with Gasteiger partial charge in [0.25, 0.3) is 0 Å². The monoisotopic (exact) mass is 720 g/mol. The molecule has 4 aromatic carbocycles. The highest BCUT2D eigenvalue weighted by atomic mass is 32.2. The maximum atomic E-state index is 13.0. The van der Waals surface area contributed by atoms with Gasteiger partial charge in [0.2, 0.25) is 0 Å². The van der Waals surface area contributed by atoms with Crippen molar-refractivity contribution in [2.24, 2.45) is 13.0 Å². The number of ether oxygens (including phenoxy) is 3. The molecule has 10 nitrogen and oxygen atoms in total. The average Bonchev–Trinajstić information content (AvgIpc) is 3.60. The van der Waals surface area contributed by atoms with Crippen molar-refractivity contribution in [3.63, 3.8) is 0 Å². The number of amides is 2. The van der Waals surface area contributed by atoms with Crippen molar-refractivity contribution in [2.45, 2.75) is 56.2 Å². The first-order valence-corrected chi connectivity index (χ1v) is 18.3. The number of imidazole rings is 1. The second-order valence-electron chi connectivity index (χ2n) is 12.8. The smallest absolute Gasteiger partial charge is 0.328 e. The summed E-state index contributed by atoms with van der Waals surface area (Å²) < 4.78 is 20.2. The third-order valence-electron chi connectivity index (χ3n) is 9.30. The van der Waals surface area contributed by atoms with E-state index < -0.39 is 24.3 Å². The van der Waals surface area contributed by atoms with Crippen LogP contribution in [0.15, 0.2) is 121 Å². The predicted octanol–water partition coefficient (Wildman–Crippen LogP) is 6.75. The topological polar surface area (TPSA) is 124 Å². The van der Waals surface area contributed by atoms with E-state index in [9.17, 15) is 14.7 Å². The summed E-state index contributed by atoms with van der Waals surface area (Å²) in [6.07, 6.45) is 3.11. The normalized spacial score (nSPS) is 19.1. The third-order valence-corrected chi connectivity index (χ3v) is 10.4. The molecular weight excluding hydrogens is 677 g/mol. The van der Waals surface area contributed by atoms with Gasteiger partial charge in [-0.05, 0) is 33.4 Å². The number of hydrogen-bond acceptors (Lipinski definition) is 8. The van der Waals surface area contributed by atoms with Gasteiger partial charge >= 0.3 is 12.0 Å². The van der Waals surface area contributed by atoms with Gasteiger partial charge in [-0.15, -0.1) is 0 Å². The van der Waals surface area contributed by atoms with Gasteiger partial charge in [-0.3, -0.25) is 0 Å². The van der Waals surface area contributed by atoms with Gasteiger partial charge in [-0.1, -0.05) is 122 Å². The Labute approximate surface area is 308 Å². The Morgan fingerprint density at radius 1 is 0.923 bits per heavy atom. The number of methoxy groups -OCH3 is 1. The van der Waals surface area contributed by atoms with Crippen LogP contribution >= 0.6 is 11.8 Å². The van der Waals surface area contributed by atoms with E-state index in [2.05, 4.69) is 22.5 Å². The second kappa shape index (κ2) is 17.5. The zero-order valence-electron chi connectivity index (χ0n) is 29.5. The molecule has 2 amide bonds. The molecule has 1 aliphatic heterocycles. The molecule has 1 fully saturated rings. The van der Waals surface area contributed by atoms with Crippen LogP contribution in [0, 0.1) is 5.92 Å². The number of esters is 1. The van der Waals surface area contributed by atoms with E-state index in [1.807, 2.05) is 121 Å². The number of rotatable bonds is 13. The van der Waals surface area contributed by atoms with Crippen LogP contribution < -0.4 is 10.6 Å². The summed E-state index contributed by atoms with van der Waals surface area (Å²) >= 11 is 1.66. The molecule has 0 bridgehead atoms. The first-order valence-electron chi connectivity index (χ1n) is 17.3. The van der Waals surface area contributed by atoms with Gasteiger partial charge < -0.3 is 34.5 Å². The van der Waals surface area contributed by atoms with Gasteiger partial charge in [0.05, 0.1) is 25.9 Å². The van der Waals surface area contributed by atoms with Crippen LogP contribution in [0.2, 0.25) is 0 Å². The molecule has 6 rings (SSSR count). The molecule has 52 heavy (non-hydrogen) atoms. The molecule has 5 unspecified atom stereocenters. The van der Waals surface area contributed by atoms with Crippen LogP contribution in [0.4, 0.5) is 4.79 Å². The number of urea groups is 1. The van der Waals surface area contributed by atoms with E-state index in [4.69, 9.17) is 14.2 Å². The molecule has 2 heterocycles. The minimum atomic E-state index is -0.824. The number of carbonyl (C=O) groups is 2. The van der Waals surface area contributed by atoms with E-state index >= 15 is 0 Å². The fourth-order valence-electron chi connectivity index (χ4n) is 6.30. The largest absolute Gasteiger partial charge is 0.467 e. The van der Waals surface area contributed by atoms with Crippen LogP contribution in [-0.4, -0.2) is 51.7 Å². The molecule has 5 aromatic rings. The van der Waals surface area contributed by atoms with E-state index in [1.165, 1.54) is 7.11 Å². The van der Waals surface area contributed by atoms with Crippen LogP contribution in [0.5, 0.6) is 0 Å². The zero-order chi connectivity index (χ0) is 36.5. The number of aliphatic hydroxyl groups excluding tert-OH is 1. The van der Waals surface area contributed by atoms with Crippen molar-refractivity contribution in [1.29, 1.82) is 0 Å². The molecule has 1 aliphatic rings. The number of aryl methyl sites for hydroxylation is 1. The highest BCUT2D eigenvalue weighted by Crippen LogP contribution is 2.43. The number of thioether (sulfide) groups is 1. The summed E-state index contributed by atoms with van der Waals surface area (Å²) in [4.78, 5) is 29.9. The minimum Gasteiger partial charge on any atom is -0.467 e. The average molecular weight is 721 g/mol. The molecule has 270 valence electrons. The minimum absolute atomic E-state index is 0.0145. The summed E-state index contributed by atoms with van der Waals surface area (Å²) in [5.41, 5.74) is 6.54. The Hall–Kier alpha value is -4.94. The van der Waals surface area contributed by atoms with Gasteiger partial charge in [0.1, 0.15) is 6.04 Å². The highest BCUT2D eigenvalue weighted by molar-refractivity contribution is 7.99. The maximum Gasteiger partial charge on any atom is 0.328 e. The number of nitrogens with one attached hydrogen (secondary N) is 2. The Kier molecular flexibility index (Phi) is 12.4. The molecule has 0 aliphatic carbocycles. The first kappa shape index (κ1) is 36.8. The van der Waals surface area contributed by atoms with Crippen LogP contribution in [0.25, 0.3) is 11.1 Å². The van der Waals surface area contributed by atoms with Crippen molar-refractivity contribution >= 4 is 23.8 Å². The molecule has 3 N–H and O–H groups in total. The number of benzene rings is 4. The lowest BCUT2D eigenvalue weighted by Crippen LogP contribution is -2.47. The van der Waals surface area contributed by atoms with Crippen molar-refractivity contribution in [1.82, 2.24) is 20.2 Å². The van der Waals surface area contributed by atoms with E-state index in [-0.39, 0.29) is 31.3 Å². The number of aliphatic hydroxyl groups is 1. The lowest BCUT2D eigenvalue weighted by atomic mass is 9.91. The number of aromatic nitrogens is 2. The van der Waals surface area contributed by atoms with Crippen molar-refractivity contribution in [3.05, 3.63) is 143 Å². The number of nitrogens with zero attached hydrogens (tertiary/aromatic N) is 2. The first-order chi connectivity index (χ1) is 25.3. The lowest BCUT2D eigenvalue weighted by molar-refractivity contribution is -0.268. The summed E-state index contributed by atoms with van der Waals surface area (Å²) in [6.45, 7) is 2.39. The van der Waals surface area contributed by atoms with Crippen molar-refractivity contribution < 1.29 is 28.9 Å². The Morgan fingerprint density at radius 2 is 1.63 bits per heavy atom. The molecule has 0 radical (unpaired) electrons. The molecule has 1 saturated heterocycles. The van der Waals surface area contributed by atoms with Gasteiger partial charge in [-0.2, -0.15) is 0 Å². The summed E-state index contributed by atoms with van der Waals surface area (Å²) in [5, 5.41) is 16.2.